The van der Waals surface area contributed by atoms with Crippen molar-refractivity contribution < 1.29 is 68.0 Å². The zero-order valence-electron chi connectivity index (χ0n) is 33.3. The van der Waals surface area contributed by atoms with Crippen LogP contribution in [-0.2, 0) is 47.5 Å². The maximum Gasteiger partial charge on any atom is 0.308 e. The summed E-state index contributed by atoms with van der Waals surface area (Å²) in [6.45, 7) is 10.4. The minimum absolute atomic E-state index is 0.0274. The van der Waals surface area contributed by atoms with Crippen molar-refractivity contribution in [2.45, 2.75) is 172 Å². The normalized spacial score (nSPS) is 42.9. The van der Waals surface area contributed by atoms with Crippen molar-refractivity contribution in [3.63, 3.8) is 0 Å². The number of carbonyl (C=O) groups is 3. The van der Waals surface area contributed by atoms with Gasteiger partial charge in [0.15, 0.2) is 18.7 Å². The predicted octanol–water partition coefficient (Wildman–Crippen LogP) is 2.20. The summed E-state index contributed by atoms with van der Waals surface area (Å²) in [6.07, 6.45) is -3.26. The van der Waals surface area contributed by atoms with Gasteiger partial charge in [0.1, 0.15) is 36.3 Å². The van der Waals surface area contributed by atoms with E-state index in [0.717, 1.165) is 6.29 Å². The Kier molecular flexibility index (Phi) is 18.2. The SMILES string of the molecule is CCCC(=O)O[C@H]1[C@H](C)O[C@@H](O[C@H]2[C@H](N(C)C)[C@@H](O)[C@H](O[C@H]3[C@@H](CC=O)C[C@@H](C)[C@@H](O)/C=C/C=C/C[C@@H](C)OC(=O)C[C@@H](O)[C@@H]3OC)O[C@@H]2C)C[C@@]1(C)O. The largest absolute Gasteiger partial charge is 0.462 e. The molecule has 0 aromatic rings. The van der Waals surface area contributed by atoms with Crippen LogP contribution in [0.4, 0.5) is 0 Å². The van der Waals surface area contributed by atoms with E-state index in [2.05, 4.69) is 0 Å². The van der Waals surface area contributed by atoms with E-state index in [1.807, 2.05) is 19.9 Å². The van der Waals surface area contributed by atoms with Crippen LogP contribution >= 0.6 is 0 Å². The van der Waals surface area contributed by atoms with Gasteiger partial charge in [-0.1, -0.05) is 38.2 Å². The van der Waals surface area contributed by atoms with Gasteiger partial charge in [-0.3, -0.25) is 9.59 Å². The molecule has 0 unspecified atom stereocenters. The van der Waals surface area contributed by atoms with Crippen molar-refractivity contribution in [1.82, 2.24) is 4.90 Å². The predicted molar refractivity (Wildman–Crippen MR) is 196 cm³/mol. The Morgan fingerprint density at radius 2 is 1.74 bits per heavy atom. The molecule has 4 N–H and O–H groups in total. The highest BCUT2D eigenvalue weighted by atomic mass is 16.7. The van der Waals surface area contributed by atoms with Crippen LogP contribution < -0.4 is 0 Å². The van der Waals surface area contributed by atoms with E-state index in [1.165, 1.54) is 7.11 Å². The van der Waals surface area contributed by atoms with Crippen molar-refractivity contribution in [3.8, 4) is 0 Å². The molecule has 0 spiro atoms. The highest BCUT2D eigenvalue weighted by Crippen LogP contribution is 2.37. The Labute approximate surface area is 319 Å². The Hall–Kier alpha value is -2.31. The third-order valence-electron chi connectivity index (χ3n) is 10.5. The molecular weight excluding hydrogens is 706 g/mol. The van der Waals surface area contributed by atoms with Gasteiger partial charge in [-0.05, 0) is 66.5 Å². The third kappa shape index (κ3) is 12.6. The number of aliphatic hydroxyl groups is 4. The molecule has 3 rings (SSSR count). The molecule has 2 saturated heterocycles. The molecule has 0 saturated carbocycles. The van der Waals surface area contributed by atoms with Crippen LogP contribution in [0, 0.1) is 11.8 Å². The fraction of sp³-hybridized carbons (Fsp3) is 0.821. The number of rotatable bonds is 11. The minimum Gasteiger partial charge on any atom is -0.462 e. The van der Waals surface area contributed by atoms with Crippen LogP contribution in [0.25, 0.3) is 0 Å². The molecule has 15 heteroatoms. The van der Waals surface area contributed by atoms with E-state index >= 15 is 0 Å². The van der Waals surface area contributed by atoms with Crippen LogP contribution in [0.3, 0.4) is 0 Å². The Morgan fingerprint density at radius 3 is 2.35 bits per heavy atom. The van der Waals surface area contributed by atoms with Crippen LogP contribution in [0.2, 0.25) is 0 Å². The molecule has 310 valence electrons. The molecule has 0 amide bonds. The van der Waals surface area contributed by atoms with Gasteiger partial charge in [0.25, 0.3) is 0 Å². The van der Waals surface area contributed by atoms with Crippen molar-refractivity contribution in [3.05, 3.63) is 24.3 Å². The average Bonchev–Trinajstić information content (AvgIpc) is 3.07. The molecule has 0 bridgehead atoms. The van der Waals surface area contributed by atoms with Crippen molar-refractivity contribution in [1.29, 1.82) is 0 Å². The summed E-state index contributed by atoms with van der Waals surface area (Å²) in [5, 5.41) is 45.7. The number of methoxy groups -OCH3 is 1. The van der Waals surface area contributed by atoms with Gasteiger partial charge in [0, 0.05) is 32.8 Å². The summed E-state index contributed by atoms with van der Waals surface area (Å²) in [5.41, 5.74) is -1.47. The fourth-order valence-electron chi connectivity index (χ4n) is 7.66. The number of ether oxygens (including phenoxy) is 7. The molecule has 0 aliphatic carbocycles. The maximum absolute atomic E-state index is 12.9. The summed E-state index contributed by atoms with van der Waals surface area (Å²) in [6, 6.07) is -0.750. The topological polar surface area (TPSA) is 200 Å². The van der Waals surface area contributed by atoms with Gasteiger partial charge in [-0.2, -0.15) is 0 Å². The number of carbonyl (C=O) groups excluding carboxylic acids is 3. The second kappa shape index (κ2) is 21.3. The Bertz CT molecular complexity index is 1240. The summed E-state index contributed by atoms with van der Waals surface area (Å²) >= 11 is 0. The molecule has 3 aliphatic heterocycles. The highest BCUT2D eigenvalue weighted by Gasteiger charge is 2.52. The second-order valence-corrected chi connectivity index (χ2v) is 15.5. The van der Waals surface area contributed by atoms with E-state index in [0.29, 0.717) is 12.8 Å². The fourth-order valence-corrected chi connectivity index (χ4v) is 7.66. The van der Waals surface area contributed by atoms with E-state index in [1.54, 1.807) is 64.9 Å². The molecule has 3 heterocycles. The summed E-state index contributed by atoms with van der Waals surface area (Å²) in [5.74, 6) is -2.11. The van der Waals surface area contributed by atoms with Crippen molar-refractivity contribution >= 4 is 18.2 Å². The number of nitrogens with zero attached hydrogens (tertiary/aromatic N) is 1. The Balaban J connectivity index is 1.91. The molecule has 0 aromatic heterocycles. The lowest BCUT2D eigenvalue weighted by Crippen LogP contribution is -2.66. The number of esters is 2. The monoisotopic (exact) mass is 771 g/mol. The first-order valence-electron chi connectivity index (χ1n) is 19.2. The van der Waals surface area contributed by atoms with Crippen molar-refractivity contribution in [2.75, 3.05) is 21.2 Å². The third-order valence-corrected chi connectivity index (χ3v) is 10.5. The first kappa shape index (κ1) is 46.1. The Morgan fingerprint density at radius 1 is 1.04 bits per heavy atom. The summed E-state index contributed by atoms with van der Waals surface area (Å²) in [7, 11) is 4.86. The minimum atomic E-state index is -1.47. The summed E-state index contributed by atoms with van der Waals surface area (Å²) in [4.78, 5) is 39.0. The van der Waals surface area contributed by atoms with Crippen LogP contribution in [0.1, 0.15) is 86.5 Å². The quantitative estimate of drug-likeness (QED) is 0.176. The molecule has 3 aliphatic rings. The first-order chi connectivity index (χ1) is 25.4. The number of allylic oxidation sites excluding steroid dienone is 2. The molecule has 54 heavy (non-hydrogen) atoms. The lowest BCUT2D eigenvalue weighted by molar-refractivity contribution is -0.344. The van der Waals surface area contributed by atoms with E-state index < -0.39 is 110 Å². The van der Waals surface area contributed by atoms with Gasteiger partial charge in [-0.25, -0.2) is 0 Å². The highest BCUT2D eigenvalue weighted by molar-refractivity contribution is 5.70. The molecule has 15 nitrogen and oxygen atoms in total. The molecule has 16 atom stereocenters. The number of hydrogen-bond donors (Lipinski definition) is 4. The van der Waals surface area contributed by atoms with Crippen LogP contribution in [-0.4, -0.2) is 150 Å². The van der Waals surface area contributed by atoms with Gasteiger partial charge in [-0.15, -0.1) is 0 Å². The lowest BCUT2D eigenvalue weighted by atomic mass is 9.82. The number of aldehydes is 1. The smallest absolute Gasteiger partial charge is 0.308 e. The molecule has 0 aromatic carbocycles. The zero-order valence-corrected chi connectivity index (χ0v) is 33.3. The van der Waals surface area contributed by atoms with Crippen LogP contribution in [0.5, 0.6) is 0 Å². The van der Waals surface area contributed by atoms with Gasteiger partial charge in [0.2, 0.25) is 0 Å². The van der Waals surface area contributed by atoms with Gasteiger partial charge >= 0.3 is 11.9 Å². The number of hydrogen-bond acceptors (Lipinski definition) is 15. The molecule has 2 fully saturated rings. The van der Waals surface area contributed by atoms with Crippen LogP contribution in [0.15, 0.2) is 24.3 Å². The van der Waals surface area contributed by atoms with E-state index in [-0.39, 0.29) is 31.6 Å². The van der Waals surface area contributed by atoms with E-state index in [4.69, 9.17) is 33.2 Å². The standard InChI is InChI=1S/C39H65NO14/c1-10-14-29(44)52-37-25(5)50-31(21-39(37,6)47)53-34-24(4)51-38(33(46)32(34)40(7)8)54-35-26(17-18-41)19-22(2)27(42)16-13-11-12-15-23(3)49-30(45)20-28(43)36(35)48-9/h11-13,16,18,22-28,31-38,42-43,46-47H,10,14-15,17,19-21H2,1-9H3/b12-11+,16-13+/t22-,23-,24-,25+,26+,27+,28-,31+,32-,33-,34-,35+,36+,37+,38+,39-/m1/s1. The second-order valence-electron chi connectivity index (χ2n) is 15.5. The lowest BCUT2D eigenvalue weighted by Gasteiger charge is -2.50. The average molecular weight is 772 g/mol. The first-order valence-corrected chi connectivity index (χ1v) is 19.2. The number of aliphatic hydroxyl groups excluding tert-OH is 3. The molecular formula is C39H65NO14. The van der Waals surface area contributed by atoms with Gasteiger partial charge < -0.3 is 63.3 Å². The maximum atomic E-state index is 12.9. The van der Waals surface area contributed by atoms with Gasteiger partial charge in [0.05, 0.1) is 43.0 Å². The van der Waals surface area contributed by atoms with Crippen molar-refractivity contribution in [2.24, 2.45) is 11.8 Å². The summed E-state index contributed by atoms with van der Waals surface area (Å²) < 4.78 is 42.2. The molecule has 0 radical (unpaired) electrons. The number of cyclic esters (lactones) is 1. The zero-order chi connectivity index (χ0) is 40.3. The van der Waals surface area contributed by atoms with E-state index in [9.17, 15) is 34.8 Å². The number of likely N-dealkylation sites (N-methyl/N-ethyl adjacent to an activating group) is 1.